The number of amides is 2. The summed E-state index contributed by atoms with van der Waals surface area (Å²) in [5.74, 6) is 0.542. The number of carbonyl (C=O) groups is 2. The molecule has 1 atom stereocenters. The van der Waals surface area contributed by atoms with Gasteiger partial charge >= 0.3 is 0 Å². The molecule has 1 unspecified atom stereocenters. The summed E-state index contributed by atoms with van der Waals surface area (Å²) in [5, 5.41) is 5.89. The van der Waals surface area contributed by atoms with Crippen molar-refractivity contribution in [3.63, 3.8) is 0 Å². The number of piperazine rings is 1. The topological polar surface area (TPSA) is 61.4 Å². The molecule has 2 fully saturated rings. The van der Waals surface area contributed by atoms with E-state index in [0.717, 1.165) is 13.1 Å². The van der Waals surface area contributed by atoms with E-state index < -0.39 is 0 Å². The van der Waals surface area contributed by atoms with Crippen molar-refractivity contribution in [2.24, 2.45) is 5.92 Å². The lowest BCUT2D eigenvalue weighted by molar-refractivity contribution is -0.143. The Hall–Kier alpha value is -1.10. The predicted octanol–water partition coefficient (Wildman–Crippen LogP) is -1.06. The minimum atomic E-state index is -0.306. The van der Waals surface area contributed by atoms with Crippen molar-refractivity contribution in [3.05, 3.63) is 0 Å². The third kappa shape index (κ3) is 2.12. The summed E-state index contributed by atoms with van der Waals surface area (Å²) in [6, 6.07) is -0.306. The number of hydrogen-bond donors (Lipinski definition) is 2. The van der Waals surface area contributed by atoms with Crippen LogP contribution in [0.2, 0.25) is 0 Å². The fourth-order valence-corrected chi connectivity index (χ4v) is 1.98. The monoisotopic (exact) mass is 211 g/mol. The van der Waals surface area contributed by atoms with Gasteiger partial charge in [0.2, 0.25) is 11.8 Å². The Morgan fingerprint density at radius 2 is 2.27 bits per heavy atom. The van der Waals surface area contributed by atoms with E-state index in [-0.39, 0.29) is 17.9 Å². The van der Waals surface area contributed by atoms with Crippen LogP contribution in [0.1, 0.15) is 13.3 Å². The zero-order chi connectivity index (χ0) is 10.8. The molecule has 0 aliphatic carbocycles. The average molecular weight is 211 g/mol. The van der Waals surface area contributed by atoms with Gasteiger partial charge in [-0.3, -0.25) is 9.59 Å². The minimum absolute atomic E-state index is 0.0404. The molecule has 0 aromatic rings. The normalized spacial score (nSPS) is 27.1. The molecule has 5 heteroatoms. The highest BCUT2D eigenvalue weighted by atomic mass is 16.2. The van der Waals surface area contributed by atoms with E-state index in [2.05, 4.69) is 10.6 Å². The van der Waals surface area contributed by atoms with Crippen LogP contribution in [0.4, 0.5) is 0 Å². The number of hydrogen-bond acceptors (Lipinski definition) is 3. The molecule has 2 heterocycles. The molecule has 0 aromatic carbocycles. The lowest BCUT2D eigenvalue weighted by atomic mass is 9.98. The van der Waals surface area contributed by atoms with Gasteiger partial charge in [-0.2, -0.15) is 0 Å². The van der Waals surface area contributed by atoms with E-state index in [1.807, 2.05) is 0 Å². The molecule has 0 aromatic heterocycles. The van der Waals surface area contributed by atoms with Crippen molar-refractivity contribution in [3.8, 4) is 0 Å². The molecule has 2 amide bonds. The van der Waals surface area contributed by atoms with Crippen LogP contribution in [0, 0.1) is 5.92 Å². The standard InChI is InChI=1S/C10H17N3O2/c1-7-10(15)12-2-3-13(7)9(14)4-8-5-11-6-8/h7-8,11H,2-6H2,1H3,(H,12,15). The highest BCUT2D eigenvalue weighted by molar-refractivity contribution is 5.88. The average Bonchev–Trinajstić information content (AvgIpc) is 2.15. The minimum Gasteiger partial charge on any atom is -0.353 e. The zero-order valence-corrected chi connectivity index (χ0v) is 8.95. The second-order valence-electron chi connectivity index (χ2n) is 4.28. The summed E-state index contributed by atoms with van der Waals surface area (Å²) in [6.45, 7) is 4.87. The first-order valence-corrected chi connectivity index (χ1v) is 5.46. The van der Waals surface area contributed by atoms with Crippen LogP contribution in [0.15, 0.2) is 0 Å². The van der Waals surface area contributed by atoms with Gasteiger partial charge < -0.3 is 15.5 Å². The fourth-order valence-electron chi connectivity index (χ4n) is 1.98. The smallest absolute Gasteiger partial charge is 0.242 e. The molecule has 5 nitrogen and oxygen atoms in total. The van der Waals surface area contributed by atoms with Gasteiger partial charge in [-0.1, -0.05) is 0 Å². The molecule has 15 heavy (non-hydrogen) atoms. The van der Waals surface area contributed by atoms with Gasteiger partial charge in [0.1, 0.15) is 6.04 Å². The first kappa shape index (κ1) is 10.4. The van der Waals surface area contributed by atoms with Crippen LogP contribution < -0.4 is 10.6 Å². The molecular formula is C10H17N3O2. The number of rotatable bonds is 2. The second kappa shape index (κ2) is 4.18. The SMILES string of the molecule is CC1C(=O)NCCN1C(=O)CC1CNC1. The van der Waals surface area contributed by atoms with Gasteiger partial charge in [0, 0.05) is 19.5 Å². The van der Waals surface area contributed by atoms with Crippen LogP contribution in [-0.4, -0.2) is 48.9 Å². The highest BCUT2D eigenvalue weighted by Gasteiger charge is 2.31. The Kier molecular flexibility index (Phi) is 2.90. The quantitative estimate of drug-likeness (QED) is 0.612. The van der Waals surface area contributed by atoms with Gasteiger partial charge in [0.05, 0.1) is 0 Å². The van der Waals surface area contributed by atoms with Gasteiger partial charge in [0.15, 0.2) is 0 Å². The Labute approximate surface area is 89.2 Å². The van der Waals surface area contributed by atoms with Gasteiger partial charge in [-0.05, 0) is 25.9 Å². The van der Waals surface area contributed by atoms with Crippen molar-refractivity contribution in [2.75, 3.05) is 26.2 Å². The molecule has 2 rings (SSSR count). The third-order valence-corrected chi connectivity index (χ3v) is 3.15. The first-order valence-electron chi connectivity index (χ1n) is 5.46. The predicted molar refractivity (Wildman–Crippen MR) is 55.2 cm³/mol. The maximum absolute atomic E-state index is 11.9. The van der Waals surface area contributed by atoms with Gasteiger partial charge in [-0.15, -0.1) is 0 Å². The molecule has 0 bridgehead atoms. The maximum Gasteiger partial charge on any atom is 0.242 e. The Morgan fingerprint density at radius 1 is 1.53 bits per heavy atom. The highest BCUT2D eigenvalue weighted by Crippen LogP contribution is 2.13. The van der Waals surface area contributed by atoms with E-state index in [1.165, 1.54) is 0 Å². The largest absolute Gasteiger partial charge is 0.353 e. The van der Waals surface area contributed by atoms with Crippen molar-refractivity contribution in [1.29, 1.82) is 0 Å². The zero-order valence-electron chi connectivity index (χ0n) is 8.95. The summed E-state index contributed by atoms with van der Waals surface area (Å²) in [7, 11) is 0. The van der Waals surface area contributed by atoms with E-state index in [1.54, 1.807) is 11.8 Å². The third-order valence-electron chi connectivity index (χ3n) is 3.15. The molecule has 0 radical (unpaired) electrons. The molecule has 2 saturated heterocycles. The summed E-state index contributed by atoms with van der Waals surface area (Å²) in [5.41, 5.74) is 0. The molecule has 2 aliphatic heterocycles. The van der Waals surface area contributed by atoms with E-state index in [0.29, 0.717) is 25.4 Å². The van der Waals surface area contributed by atoms with Crippen LogP contribution in [0.3, 0.4) is 0 Å². The molecular weight excluding hydrogens is 194 g/mol. The first-order chi connectivity index (χ1) is 7.18. The summed E-state index contributed by atoms with van der Waals surface area (Å²) >= 11 is 0. The van der Waals surface area contributed by atoms with Crippen molar-refractivity contribution >= 4 is 11.8 Å². The Balaban J connectivity index is 1.89. The van der Waals surface area contributed by atoms with Gasteiger partial charge in [-0.25, -0.2) is 0 Å². The van der Waals surface area contributed by atoms with E-state index >= 15 is 0 Å². The van der Waals surface area contributed by atoms with Crippen molar-refractivity contribution < 1.29 is 9.59 Å². The van der Waals surface area contributed by atoms with Crippen LogP contribution in [0.25, 0.3) is 0 Å². The molecule has 2 N–H and O–H groups in total. The van der Waals surface area contributed by atoms with E-state index in [4.69, 9.17) is 0 Å². The second-order valence-corrected chi connectivity index (χ2v) is 4.28. The molecule has 0 saturated carbocycles. The Bertz CT molecular complexity index is 276. The molecule has 84 valence electrons. The summed E-state index contributed by atoms with van der Waals surface area (Å²) in [4.78, 5) is 24.9. The van der Waals surface area contributed by atoms with Crippen molar-refractivity contribution in [2.45, 2.75) is 19.4 Å². The van der Waals surface area contributed by atoms with Crippen LogP contribution >= 0.6 is 0 Å². The van der Waals surface area contributed by atoms with E-state index in [9.17, 15) is 9.59 Å². The summed E-state index contributed by atoms with van der Waals surface area (Å²) < 4.78 is 0. The van der Waals surface area contributed by atoms with Crippen molar-refractivity contribution in [1.82, 2.24) is 15.5 Å². The number of nitrogens with zero attached hydrogens (tertiary/aromatic N) is 1. The van der Waals surface area contributed by atoms with Gasteiger partial charge in [0.25, 0.3) is 0 Å². The fraction of sp³-hybridized carbons (Fsp3) is 0.800. The number of carbonyl (C=O) groups excluding carboxylic acids is 2. The lowest BCUT2D eigenvalue weighted by Crippen LogP contribution is -2.57. The summed E-state index contributed by atoms with van der Waals surface area (Å²) in [6.07, 6.45) is 0.574. The van der Waals surface area contributed by atoms with Crippen LogP contribution in [0.5, 0.6) is 0 Å². The van der Waals surface area contributed by atoms with Crippen LogP contribution in [-0.2, 0) is 9.59 Å². The Morgan fingerprint density at radius 3 is 2.87 bits per heavy atom. The molecule has 0 spiro atoms. The lowest BCUT2D eigenvalue weighted by Gasteiger charge is -2.35. The molecule has 2 aliphatic rings. The number of nitrogens with one attached hydrogen (secondary N) is 2. The maximum atomic E-state index is 11.9.